The molecule has 0 fully saturated rings. The quantitative estimate of drug-likeness (QED) is 0.536. The number of carbonyl (C=O) groups is 1. The topological polar surface area (TPSA) is 64.1 Å². The molecular weight excluding hydrogens is 379 g/mol. The van der Waals surface area contributed by atoms with Crippen LogP contribution in [-0.2, 0) is 0 Å². The molecule has 0 aliphatic rings. The predicted molar refractivity (Wildman–Crippen MR) is 96.0 cm³/mol. The van der Waals surface area contributed by atoms with E-state index in [4.69, 9.17) is 0 Å². The van der Waals surface area contributed by atoms with Gasteiger partial charge >= 0.3 is 6.36 Å². The number of carbonyl (C=O) groups excluding carboxylic acids is 1. The lowest BCUT2D eigenvalue weighted by atomic mass is 10.1. The number of ether oxygens (including phenoxy) is 1. The summed E-state index contributed by atoms with van der Waals surface area (Å²) in [6.45, 7) is 0. The van der Waals surface area contributed by atoms with Crippen molar-refractivity contribution < 1.29 is 22.7 Å². The van der Waals surface area contributed by atoms with Crippen LogP contribution in [0.2, 0.25) is 0 Å². The second-order valence-electron chi connectivity index (χ2n) is 5.53. The molecule has 0 radical (unpaired) electrons. The van der Waals surface area contributed by atoms with E-state index in [2.05, 4.69) is 20.0 Å². The highest BCUT2D eigenvalue weighted by atomic mass is 32.1. The summed E-state index contributed by atoms with van der Waals surface area (Å²) in [6, 6.07) is 12.7. The van der Waals surface area contributed by atoms with Gasteiger partial charge in [-0.3, -0.25) is 15.1 Å². The zero-order chi connectivity index (χ0) is 19.0. The van der Waals surface area contributed by atoms with Crippen LogP contribution in [0.1, 0.15) is 10.4 Å². The molecule has 9 heteroatoms. The minimum atomic E-state index is -4.77. The lowest BCUT2D eigenvalue weighted by molar-refractivity contribution is -0.274. The molecule has 0 aliphatic carbocycles. The number of amides is 1. The molecule has 27 heavy (non-hydrogen) atoms. The van der Waals surface area contributed by atoms with E-state index >= 15 is 0 Å². The number of nitrogens with zero attached hydrogens (tertiary/aromatic N) is 2. The van der Waals surface area contributed by atoms with Crippen LogP contribution in [0.5, 0.6) is 5.75 Å². The fourth-order valence-corrected chi connectivity index (χ4v) is 3.50. The summed E-state index contributed by atoms with van der Waals surface area (Å²) in [5, 5.41) is 3.77. The molecule has 0 unspecified atom stereocenters. The zero-order valence-electron chi connectivity index (χ0n) is 13.4. The normalized spacial score (nSPS) is 11.7. The first-order valence-electron chi connectivity index (χ1n) is 7.70. The highest BCUT2D eigenvalue weighted by Crippen LogP contribution is 2.32. The molecule has 2 aromatic carbocycles. The number of halogens is 3. The first-order valence-corrected chi connectivity index (χ1v) is 8.52. The molecule has 136 valence electrons. The Morgan fingerprint density at radius 3 is 2.74 bits per heavy atom. The fraction of sp³-hybridized carbons (Fsp3) is 0.0556. The number of rotatable bonds is 3. The maximum absolute atomic E-state index is 12.6. The molecule has 2 aromatic heterocycles. The van der Waals surface area contributed by atoms with E-state index in [1.807, 2.05) is 12.1 Å². The second-order valence-corrected chi connectivity index (χ2v) is 6.56. The number of nitrogens with one attached hydrogen (secondary N) is 1. The van der Waals surface area contributed by atoms with Crippen LogP contribution < -0.4 is 10.1 Å². The van der Waals surface area contributed by atoms with Gasteiger partial charge in [0.1, 0.15) is 5.75 Å². The van der Waals surface area contributed by atoms with Crippen LogP contribution in [0.4, 0.5) is 18.3 Å². The predicted octanol–water partition coefficient (Wildman–Crippen LogP) is 5.00. The van der Waals surface area contributed by atoms with Gasteiger partial charge in [-0.25, -0.2) is 4.98 Å². The second kappa shape index (κ2) is 6.51. The van der Waals surface area contributed by atoms with Gasteiger partial charge in [0.25, 0.3) is 5.91 Å². The number of hydrogen-bond donors (Lipinski definition) is 1. The smallest absolute Gasteiger partial charge is 0.406 e. The van der Waals surface area contributed by atoms with Crippen LogP contribution >= 0.6 is 11.3 Å². The van der Waals surface area contributed by atoms with Crippen LogP contribution in [0, 0.1) is 0 Å². The molecule has 0 bridgehead atoms. The maximum atomic E-state index is 12.6. The number of fused-ring (bicyclic) bond motifs is 2. The van der Waals surface area contributed by atoms with E-state index in [0.717, 1.165) is 16.7 Å². The summed E-state index contributed by atoms with van der Waals surface area (Å²) >= 11 is 1.06. The monoisotopic (exact) mass is 389 g/mol. The van der Waals surface area contributed by atoms with Gasteiger partial charge in [-0.1, -0.05) is 29.5 Å². The van der Waals surface area contributed by atoms with Crippen molar-refractivity contribution in [1.29, 1.82) is 0 Å². The molecule has 0 spiro atoms. The summed E-state index contributed by atoms with van der Waals surface area (Å²) in [6.07, 6.45) is -3.17. The highest BCUT2D eigenvalue weighted by molar-refractivity contribution is 7.22. The van der Waals surface area contributed by atoms with E-state index in [-0.39, 0.29) is 10.9 Å². The van der Waals surface area contributed by atoms with Crippen LogP contribution in [0.3, 0.4) is 0 Å². The van der Waals surface area contributed by atoms with Crippen LogP contribution in [0.25, 0.3) is 21.1 Å². The number of alkyl halides is 3. The lowest BCUT2D eigenvalue weighted by Gasteiger charge is -2.07. The van der Waals surface area contributed by atoms with Crippen molar-refractivity contribution in [2.45, 2.75) is 6.36 Å². The Labute approximate surface area is 154 Å². The summed E-state index contributed by atoms with van der Waals surface area (Å²) < 4.78 is 41.4. The average molecular weight is 389 g/mol. The highest BCUT2D eigenvalue weighted by Gasteiger charge is 2.31. The SMILES string of the molecule is O=C(Nc1nc2ccc(OC(F)(F)F)cc2s1)c1cccc2cccnc12. The van der Waals surface area contributed by atoms with Gasteiger partial charge in [0, 0.05) is 17.6 Å². The molecule has 4 rings (SSSR count). The van der Waals surface area contributed by atoms with Crippen molar-refractivity contribution in [3.8, 4) is 5.75 Å². The largest absolute Gasteiger partial charge is 0.573 e. The van der Waals surface area contributed by atoms with Gasteiger partial charge in [0.2, 0.25) is 0 Å². The number of thiazole rings is 1. The summed E-state index contributed by atoms with van der Waals surface area (Å²) in [4.78, 5) is 21.1. The third-order valence-electron chi connectivity index (χ3n) is 3.69. The van der Waals surface area contributed by atoms with Crippen LogP contribution in [-0.4, -0.2) is 22.2 Å². The van der Waals surface area contributed by atoms with Gasteiger partial charge < -0.3 is 4.74 Å². The number of anilines is 1. The third kappa shape index (κ3) is 3.68. The molecule has 1 amide bonds. The van der Waals surface area contributed by atoms with Gasteiger partial charge in [-0.05, 0) is 24.3 Å². The summed E-state index contributed by atoms with van der Waals surface area (Å²) in [5.74, 6) is -0.736. The minimum absolute atomic E-state index is 0.270. The maximum Gasteiger partial charge on any atom is 0.573 e. The van der Waals surface area contributed by atoms with Crippen molar-refractivity contribution >= 4 is 43.5 Å². The Hall–Kier alpha value is -3.20. The molecular formula is C18H10F3N3O2S. The Morgan fingerprint density at radius 2 is 1.93 bits per heavy atom. The van der Waals surface area contributed by atoms with Gasteiger partial charge in [0.15, 0.2) is 5.13 Å². The molecule has 0 atom stereocenters. The van der Waals surface area contributed by atoms with Crippen LogP contribution in [0.15, 0.2) is 54.7 Å². The van der Waals surface area contributed by atoms with Crippen molar-refractivity contribution in [1.82, 2.24) is 9.97 Å². The first-order chi connectivity index (χ1) is 12.9. The Kier molecular flexibility index (Phi) is 4.15. The van der Waals surface area contributed by atoms with E-state index in [0.29, 0.717) is 21.3 Å². The fourth-order valence-electron chi connectivity index (χ4n) is 2.61. The van der Waals surface area contributed by atoms with Crippen molar-refractivity contribution in [3.63, 3.8) is 0 Å². The molecule has 5 nitrogen and oxygen atoms in total. The van der Waals surface area contributed by atoms with Gasteiger partial charge in [-0.2, -0.15) is 0 Å². The number of para-hydroxylation sites is 1. The van der Waals surface area contributed by atoms with Gasteiger partial charge in [-0.15, -0.1) is 13.2 Å². The Bertz CT molecular complexity index is 1150. The molecule has 0 aliphatic heterocycles. The Balaban J connectivity index is 1.62. The number of benzene rings is 2. The molecule has 1 N–H and O–H groups in total. The zero-order valence-corrected chi connectivity index (χ0v) is 14.3. The third-order valence-corrected chi connectivity index (χ3v) is 4.62. The van der Waals surface area contributed by atoms with E-state index in [1.54, 1.807) is 24.4 Å². The minimum Gasteiger partial charge on any atom is -0.406 e. The average Bonchev–Trinajstić information content (AvgIpc) is 3.01. The number of pyridine rings is 1. The molecule has 2 heterocycles. The number of aromatic nitrogens is 2. The Morgan fingerprint density at radius 1 is 1.11 bits per heavy atom. The first kappa shape index (κ1) is 17.2. The van der Waals surface area contributed by atoms with Crippen molar-refractivity contribution in [2.24, 2.45) is 0 Å². The summed E-state index contributed by atoms with van der Waals surface area (Å²) in [5.41, 5.74) is 1.40. The van der Waals surface area contributed by atoms with Gasteiger partial charge in [0.05, 0.1) is 21.3 Å². The molecule has 4 aromatic rings. The van der Waals surface area contributed by atoms with E-state index in [1.165, 1.54) is 18.2 Å². The standard InChI is InChI=1S/C18H10F3N3O2S/c19-18(20,21)26-11-6-7-13-14(9-11)27-17(23-13)24-16(25)12-5-1-3-10-4-2-8-22-15(10)12/h1-9H,(H,23,24,25). The summed E-state index contributed by atoms with van der Waals surface area (Å²) in [7, 11) is 0. The van der Waals surface area contributed by atoms with Crippen molar-refractivity contribution in [3.05, 3.63) is 60.3 Å². The molecule has 0 saturated carbocycles. The van der Waals surface area contributed by atoms with Crippen molar-refractivity contribution in [2.75, 3.05) is 5.32 Å². The van der Waals surface area contributed by atoms with E-state index in [9.17, 15) is 18.0 Å². The van der Waals surface area contributed by atoms with E-state index < -0.39 is 12.3 Å². The lowest BCUT2D eigenvalue weighted by Crippen LogP contribution is -2.16. The molecule has 0 saturated heterocycles. The number of hydrogen-bond acceptors (Lipinski definition) is 5.